The van der Waals surface area contributed by atoms with E-state index in [0.717, 1.165) is 16.5 Å². The summed E-state index contributed by atoms with van der Waals surface area (Å²) in [6.07, 6.45) is 0. The van der Waals surface area contributed by atoms with Gasteiger partial charge in [0, 0.05) is 5.39 Å². The van der Waals surface area contributed by atoms with Crippen LogP contribution in [-0.2, 0) is 0 Å². The maximum Gasteiger partial charge on any atom is 0.203 e. The van der Waals surface area contributed by atoms with Gasteiger partial charge in [0.25, 0.3) is 0 Å². The number of rotatable bonds is 0. The standard InChI is InChI=1S/C12H8O2/c13-11-7-14-12-9-4-2-1-3-8(9)5-6-10(11)12/h1-6H,7H2. The molecule has 0 N–H and O–H groups in total. The summed E-state index contributed by atoms with van der Waals surface area (Å²) in [6.45, 7) is 0.184. The van der Waals surface area contributed by atoms with Crippen molar-refractivity contribution in [1.29, 1.82) is 0 Å². The Morgan fingerprint density at radius 2 is 1.93 bits per heavy atom. The number of benzene rings is 2. The first-order valence-electron chi connectivity index (χ1n) is 4.54. The molecule has 1 aliphatic rings. The van der Waals surface area contributed by atoms with E-state index in [1.807, 2.05) is 36.4 Å². The van der Waals surface area contributed by atoms with Gasteiger partial charge < -0.3 is 4.74 Å². The second-order valence-corrected chi connectivity index (χ2v) is 3.38. The van der Waals surface area contributed by atoms with Crippen LogP contribution in [0.25, 0.3) is 10.8 Å². The molecule has 0 saturated heterocycles. The molecule has 0 atom stereocenters. The highest BCUT2D eigenvalue weighted by molar-refractivity contribution is 6.08. The molecule has 0 aliphatic carbocycles. The van der Waals surface area contributed by atoms with E-state index >= 15 is 0 Å². The van der Waals surface area contributed by atoms with Crippen molar-refractivity contribution in [3.63, 3.8) is 0 Å². The number of fused-ring (bicyclic) bond motifs is 3. The van der Waals surface area contributed by atoms with Gasteiger partial charge in [0.1, 0.15) is 5.75 Å². The maximum atomic E-state index is 11.4. The van der Waals surface area contributed by atoms with Gasteiger partial charge in [-0.25, -0.2) is 0 Å². The van der Waals surface area contributed by atoms with Gasteiger partial charge in [-0.05, 0) is 11.5 Å². The van der Waals surface area contributed by atoms with Crippen molar-refractivity contribution in [1.82, 2.24) is 0 Å². The number of carbonyl (C=O) groups is 1. The lowest BCUT2D eigenvalue weighted by Gasteiger charge is -2.02. The van der Waals surface area contributed by atoms with Crippen LogP contribution in [0.3, 0.4) is 0 Å². The Kier molecular flexibility index (Phi) is 1.39. The van der Waals surface area contributed by atoms with E-state index in [0.29, 0.717) is 5.56 Å². The normalized spacial score (nSPS) is 14.1. The number of Topliss-reactive ketones (excluding diaryl/α,β-unsaturated/α-hetero) is 1. The van der Waals surface area contributed by atoms with Gasteiger partial charge in [0.2, 0.25) is 5.78 Å². The SMILES string of the molecule is O=C1COc2c1ccc1ccccc21. The summed E-state index contributed by atoms with van der Waals surface area (Å²) in [5, 5.41) is 2.14. The summed E-state index contributed by atoms with van der Waals surface area (Å²) in [4.78, 5) is 11.4. The second kappa shape index (κ2) is 2.58. The largest absolute Gasteiger partial charge is 0.484 e. The zero-order chi connectivity index (χ0) is 9.54. The molecule has 0 spiro atoms. The van der Waals surface area contributed by atoms with E-state index in [1.54, 1.807) is 0 Å². The molecule has 0 bridgehead atoms. The highest BCUT2D eigenvalue weighted by Crippen LogP contribution is 2.33. The average molecular weight is 184 g/mol. The third-order valence-corrected chi connectivity index (χ3v) is 2.53. The van der Waals surface area contributed by atoms with Gasteiger partial charge in [-0.15, -0.1) is 0 Å². The summed E-state index contributed by atoms with van der Waals surface area (Å²) in [6, 6.07) is 11.7. The van der Waals surface area contributed by atoms with Crippen molar-refractivity contribution < 1.29 is 9.53 Å². The lowest BCUT2D eigenvalue weighted by Crippen LogP contribution is -1.98. The third-order valence-electron chi connectivity index (χ3n) is 2.53. The molecule has 0 aromatic heterocycles. The first-order valence-corrected chi connectivity index (χ1v) is 4.54. The third kappa shape index (κ3) is 0.880. The number of hydrogen-bond donors (Lipinski definition) is 0. The van der Waals surface area contributed by atoms with Crippen molar-refractivity contribution in [2.24, 2.45) is 0 Å². The summed E-state index contributed by atoms with van der Waals surface area (Å²) < 4.78 is 5.37. The van der Waals surface area contributed by atoms with Crippen molar-refractivity contribution >= 4 is 16.6 Å². The molecule has 2 nitrogen and oxygen atoms in total. The molecule has 2 aromatic carbocycles. The zero-order valence-corrected chi connectivity index (χ0v) is 7.49. The van der Waals surface area contributed by atoms with Gasteiger partial charge in [0.15, 0.2) is 6.61 Å². The van der Waals surface area contributed by atoms with E-state index in [4.69, 9.17) is 4.74 Å². The molecule has 14 heavy (non-hydrogen) atoms. The number of hydrogen-bond acceptors (Lipinski definition) is 2. The van der Waals surface area contributed by atoms with E-state index in [-0.39, 0.29) is 12.4 Å². The molecular formula is C12H8O2. The van der Waals surface area contributed by atoms with Crippen molar-refractivity contribution in [2.45, 2.75) is 0 Å². The fraction of sp³-hybridized carbons (Fsp3) is 0.0833. The Balaban J connectivity index is 2.44. The minimum atomic E-state index is 0.0748. The smallest absolute Gasteiger partial charge is 0.203 e. The summed E-state index contributed by atoms with van der Waals surface area (Å²) in [5.41, 5.74) is 0.712. The van der Waals surface area contributed by atoms with E-state index in [9.17, 15) is 4.79 Å². The monoisotopic (exact) mass is 184 g/mol. The zero-order valence-electron chi connectivity index (χ0n) is 7.49. The second-order valence-electron chi connectivity index (χ2n) is 3.38. The topological polar surface area (TPSA) is 26.3 Å². The van der Waals surface area contributed by atoms with Crippen LogP contribution >= 0.6 is 0 Å². The predicted octanol–water partition coefficient (Wildman–Crippen LogP) is 2.41. The molecular weight excluding hydrogens is 176 g/mol. The highest BCUT2D eigenvalue weighted by Gasteiger charge is 2.22. The minimum Gasteiger partial charge on any atom is -0.484 e. The van der Waals surface area contributed by atoms with E-state index in [1.165, 1.54) is 0 Å². The van der Waals surface area contributed by atoms with Crippen molar-refractivity contribution in [3.05, 3.63) is 42.0 Å². The van der Waals surface area contributed by atoms with E-state index < -0.39 is 0 Å². The van der Waals surface area contributed by atoms with Gasteiger partial charge in [-0.3, -0.25) is 4.79 Å². The Morgan fingerprint density at radius 3 is 2.86 bits per heavy atom. The molecule has 0 fully saturated rings. The lowest BCUT2D eigenvalue weighted by molar-refractivity contribution is 0.0961. The summed E-state index contributed by atoms with van der Waals surface area (Å²) in [7, 11) is 0. The quantitative estimate of drug-likeness (QED) is 0.628. The molecule has 2 aromatic rings. The Hall–Kier alpha value is -1.83. The molecule has 68 valence electrons. The minimum absolute atomic E-state index is 0.0748. The molecule has 3 rings (SSSR count). The molecule has 0 saturated carbocycles. The Morgan fingerprint density at radius 1 is 1.07 bits per heavy atom. The van der Waals surface area contributed by atoms with Crippen molar-refractivity contribution in [2.75, 3.05) is 6.61 Å². The molecule has 0 unspecified atom stereocenters. The Labute approximate surface area is 81.1 Å². The first kappa shape index (κ1) is 7.56. The molecule has 1 aliphatic heterocycles. The molecule has 0 radical (unpaired) electrons. The Bertz CT molecular complexity index is 529. The molecule has 0 amide bonds. The van der Waals surface area contributed by atoms with Crippen LogP contribution in [0, 0.1) is 0 Å². The summed E-state index contributed by atoms with van der Waals surface area (Å²) >= 11 is 0. The van der Waals surface area contributed by atoms with Crippen LogP contribution in [0.1, 0.15) is 10.4 Å². The van der Waals surface area contributed by atoms with Crippen LogP contribution in [-0.4, -0.2) is 12.4 Å². The van der Waals surface area contributed by atoms with Crippen LogP contribution in [0.2, 0.25) is 0 Å². The van der Waals surface area contributed by atoms with E-state index in [2.05, 4.69) is 0 Å². The fourth-order valence-electron chi connectivity index (χ4n) is 1.83. The molecule has 2 heteroatoms. The van der Waals surface area contributed by atoms with Crippen molar-refractivity contribution in [3.8, 4) is 5.75 Å². The average Bonchev–Trinajstić information content (AvgIpc) is 2.61. The predicted molar refractivity (Wildman–Crippen MR) is 53.8 cm³/mol. The number of ketones is 1. The first-order chi connectivity index (χ1) is 6.86. The maximum absolute atomic E-state index is 11.4. The van der Waals surface area contributed by atoms with Crippen LogP contribution < -0.4 is 4.74 Å². The fourth-order valence-corrected chi connectivity index (χ4v) is 1.83. The van der Waals surface area contributed by atoms with Gasteiger partial charge >= 0.3 is 0 Å². The summed E-state index contributed by atoms with van der Waals surface area (Å²) in [5.74, 6) is 0.818. The van der Waals surface area contributed by atoms with Gasteiger partial charge in [-0.1, -0.05) is 30.3 Å². The highest BCUT2D eigenvalue weighted by atomic mass is 16.5. The van der Waals surface area contributed by atoms with Gasteiger partial charge in [0.05, 0.1) is 5.56 Å². The lowest BCUT2D eigenvalue weighted by atomic mass is 10.0. The van der Waals surface area contributed by atoms with Gasteiger partial charge in [-0.2, -0.15) is 0 Å². The number of carbonyl (C=O) groups excluding carboxylic acids is 1. The van der Waals surface area contributed by atoms with Crippen LogP contribution in [0.15, 0.2) is 36.4 Å². The number of ether oxygens (including phenoxy) is 1. The molecule has 1 heterocycles. The van der Waals surface area contributed by atoms with Crippen LogP contribution in [0.5, 0.6) is 5.75 Å². The van der Waals surface area contributed by atoms with Crippen LogP contribution in [0.4, 0.5) is 0 Å².